The number of amides is 2. The molecule has 0 fully saturated rings. The first-order chi connectivity index (χ1) is 15.8. The normalized spacial score (nSPS) is 11.1. The van der Waals surface area contributed by atoms with Gasteiger partial charge in [0.1, 0.15) is 18.0 Å². The first-order valence-electron chi connectivity index (χ1n) is 10.00. The third-order valence-electron chi connectivity index (χ3n) is 4.68. The maximum atomic E-state index is 12.3. The molecule has 1 atom stereocenters. The van der Waals surface area contributed by atoms with Crippen LogP contribution in [0.15, 0.2) is 36.4 Å². The zero-order chi connectivity index (χ0) is 24.4. The molecule has 10 heteroatoms. The van der Waals surface area contributed by atoms with E-state index in [0.717, 1.165) is 0 Å². The number of nitrogens with one attached hydrogen (secondary N) is 2. The highest BCUT2D eigenvalue weighted by molar-refractivity contribution is 5.96. The predicted molar refractivity (Wildman–Crippen MR) is 119 cm³/mol. The van der Waals surface area contributed by atoms with Crippen molar-refractivity contribution in [2.24, 2.45) is 0 Å². The van der Waals surface area contributed by atoms with Crippen LogP contribution in [0.5, 0.6) is 23.0 Å². The average Bonchev–Trinajstić information content (AvgIpc) is 2.84. The van der Waals surface area contributed by atoms with Gasteiger partial charge in [0.05, 0.1) is 34.5 Å². The van der Waals surface area contributed by atoms with E-state index in [2.05, 4.69) is 10.6 Å². The van der Waals surface area contributed by atoms with E-state index in [4.69, 9.17) is 23.7 Å². The predicted octanol–water partition coefficient (Wildman–Crippen LogP) is 1.87. The highest BCUT2D eigenvalue weighted by Gasteiger charge is 2.17. The summed E-state index contributed by atoms with van der Waals surface area (Å²) >= 11 is 0. The third-order valence-corrected chi connectivity index (χ3v) is 4.68. The second-order valence-corrected chi connectivity index (χ2v) is 6.81. The average molecular weight is 460 g/mol. The Balaban J connectivity index is 1.84. The zero-order valence-electron chi connectivity index (χ0n) is 19.2. The summed E-state index contributed by atoms with van der Waals surface area (Å²) < 4.78 is 25.7. The number of carbonyl (C=O) groups excluding carboxylic acids is 3. The van der Waals surface area contributed by atoms with Crippen LogP contribution in [0.4, 0.5) is 0 Å². The number of ether oxygens (including phenoxy) is 5. The van der Waals surface area contributed by atoms with Crippen LogP contribution in [0.2, 0.25) is 0 Å². The van der Waals surface area contributed by atoms with Crippen LogP contribution in [0.25, 0.3) is 0 Å². The van der Waals surface area contributed by atoms with Crippen molar-refractivity contribution in [3.63, 3.8) is 0 Å². The Morgan fingerprint density at radius 1 is 0.848 bits per heavy atom. The molecule has 0 aliphatic heterocycles. The fraction of sp³-hybridized carbons (Fsp3) is 0.348. The molecule has 2 N–H and O–H groups in total. The molecule has 0 aliphatic carbocycles. The van der Waals surface area contributed by atoms with Gasteiger partial charge in [-0.05, 0) is 43.3 Å². The summed E-state index contributed by atoms with van der Waals surface area (Å²) in [6, 6.07) is 9.40. The maximum Gasteiger partial charge on any atom is 0.325 e. The molecule has 0 spiro atoms. The lowest BCUT2D eigenvalue weighted by atomic mass is 10.1. The second-order valence-electron chi connectivity index (χ2n) is 6.81. The van der Waals surface area contributed by atoms with Crippen molar-refractivity contribution in [3.8, 4) is 23.0 Å². The smallest absolute Gasteiger partial charge is 0.325 e. The Kier molecular flexibility index (Phi) is 9.34. The highest BCUT2D eigenvalue weighted by Crippen LogP contribution is 2.29. The standard InChI is InChI=1S/C23H28N2O8/c1-14(17-11-16(29-2)7-9-18(17)30-3)25-21(26)13-33-22(27)12-24-23(28)15-6-8-19(31-4)20(10-15)32-5/h6-11,14H,12-13H2,1-5H3,(H,24,28)(H,25,26). The van der Waals surface area contributed by atoms with Crippen molar-refractivity contribution >= 4 is 17.8 Å². The first kappa shape index (κ1) is 25.3. The minimum Gasteiger partial charge on any atom is -0.497 e. The van der Waals surface area contributed by atoms with Crippen LogP contribution < -0.4 is 29.6 Å². The van der Waals surface area contributed by atoms with E-state index < -0.39 is 37.0 Å². The molecule has 1 unspecified atom stereocenters. The summed E-state index contributed by atoms with van der Waals surface area (Å²) in [6.07, 6.45) is 0. The van der Waals surface area contributed by atoms with Crippen LogP contribution in [0.3, 0.4) is 0 Å². The summed E-state index contributed by atoms with van der Waals surface area (Å²) in [5.74, 6) is 0.280. The number of hydrogen-bond acceptors (Lipinski definition) is 8. The number of methoxy groups -OCH3 is 4. The van der Waals surface area contributed by atoms with Crippen molar-refractivity contribution < 1.29 is 38.1 Å². The van der Waals surface area contributed by atoms with Crippen LogP contribution in [0, 0.1) is 0 Å². The van der Waals surface area contributed by atoms with Gasteiger partial charge < -0.3 is 34.3 Å². The molecule has 0 radical (unpaired) electrons. The van der Waals surface area contributed by atoms with E-state index >= 15 is 0 Å². The van der Waals surface area contributed by atoms with E-state index in [0.29, 0.717) is 28.6 Å². The summed E-state index contributed by atoms with van der Waals surface area (Å²) in [6.45, 7) is 0.863. The minimum atomic E-state index is -0.759. The summed E-state index contributed by atoms with van der Waals surface area (Å²) in [7, 11) is 6.00. The van der Waals surface area contributed by atoms with Gasteiger partial charge in [-0.3, -0.25) is 14.4 Å². The van der Waals surface area contributed by atoms with Crippen LogP contribution in [-0.2, 0) is 14.3 Å². The Hall–Kier alpha value is -3.95. The van der Waals surface area contributed by atoms with Gasteiger partial charge in [-0.15, -0.1) is 0 Å². The lowest BCUT2D eigenvalue weighted by Gasteiger charge is -2.18. The van der Waals surface area contributed by atoms with Crippen molar-refractivity contribution in [3.05, 3.63) is 47.5 Å². The van der Waals surface area contributed by atoms with Gasteiger partial charge in [0, 0.05) is 11.1 Å². The van der Waals surface area contributed by atoms with E-state index in [1.165, 1.54) is 40.6 Å². The van der Waals surface area contributed by atoms with Gasteiger partial charge in [-0.2, -0.15) is 0 Å². The number of hydrogen-bond donors (Lipinski definition) is 2. The Labute approximate surface area is 192 Å². The van der Waals surface area contributed by atoms with Gasteiger partial charge in [-0.25, -0.2) is 0 Å². The Morgan fingerprint density at radius 3 is 2.15 bits per heavy atom. The number of rotatable bonds is 11. The van der Waals surface area contributed by atoms with E-state index in [1.807, 2.05) is 0 Å². The van der Waals surface area contributed by atoms with Gasteiger partial charge in [-0.1, -0.05) is 0 Å². The number of esters is 1. The lowest BCUT2D eigenvalue weighted by Crippen LogP contribution is -2.34. The molecule has 0 bridgehead atoms. The number of carbonyl (C=O) groups is 3. The maximum absolute atomic E-state index is 12.3. The Morgan fingerprint density at radius 2 is 1.52 bits per heavy atom. The van der Waals surface area contributed by atoms with Gasteiger partial charge in [0.2, 0.25) is 0 Å². The molecule has 178 valence electrons. The molecule has 0 saturated carbocycles. The topological polar surface area (TPSA) is 121 Å². The lowest BCUT2D eigenvalue weighted by molar-refractivity contribution is -0.147. The molecule has 2 aromatic rings. The molecule has 0 aliphatic rings. The molecule has 33 heavy (non-hydrogen) atoms. The fourth-order valence-electron chi connectivity index (χ4n) is 2.97. The summed E-state index contributed by atoms with van der Waals surface area (Å²) in [4.78, 5) is 36.4. The Bertz CT molecular complexity index is 992. The summed E-state index contributed by atoms with van der Waals surface area (Å²) in [5, 5.41) is 5.16. The molecule has 10 nitrogen and oxygen atoms in total. The molecule has 0 saturated heterocycles. The quantitative estimate of drug-likeness (QED) is 0.488. The first-order valence-corrected chi connectivity index (χ1v) is 10.00. The van der Waals surface area contributed by atoms with E-state index in [-0.39, 0.29) is 5.56 Å². The van der Waals surface area contributed by atoms with E-state index in [9.17, 15) is 14.4 Å². The molecule has 0 heterocycles. The molecule has 2 aromatic carbocycles. The molecular weight excluding hydrogens is 432 g/mol. The van der Waals surface area contributed by atoms with Gasteiger partial charge in [0.15, 0.2) is 18.1 Å². The molecular formula is C23H28N2O8. The minimum absolute atomic E-state index is 0.277. The molecule has 2 rings (SSSR count). The van der Waals surface area contributed by atoms with Crippen LogP contribution in [-0.4, -0.2) is 59.4 Å². The second kappa shape index (κ2) is 12.2. The van der Waals surface area contributed by atoms with Crippen molar-refractivity contribution in [2.75, 3.05) is 41.6 Å². The van der Waals surface area contributed by atoms with Crippen molar-refractivity contribution in [2.45, 2.75) is 13.0 Å². The van der Waals surface area contributed by atoms with Crippen molar-refractivity contribution in [1.29, 1.82) is 0 Å². The van der Waals surface area contributed by atoms with Gasteiger partial charge >= 0.3 is 5.97 Å². The van der Waals surface area contributed by atoms with Gasteiger partial charge in [0.25, 0.3) is 11.8 Å². The largest absolute Gasteiger partial charge is 0.497 e. The van der Waals surface area contributed by atoms with Crippen LogP contribution in [0.1, 0.15) is 28.9 Å². The third kappa shape index (κ3) is 7.03. The van der Waals surface area contributed by atoms with Crippen LogP contribution >= 0.6 is 0 Å². The molecule has 2 amide bonds. The summed E-state index contributed by atoms with van der Waals surface area (Å²) in [5.41, 5.74) is 0.984. The monoisotopic (exact) mass is 460 g/mol. The SMILES string of the molecule is COc1ccc(OC)c(C(C)NC(=O)COC(=O)CNC(=O)c2ccc(OC)c(OC)c2)c1. The highest BCUT2D eigenvalue weighted by atomic mass is 16.5. The van der Waals surface area contributed by atoms with Crippen molar-refractivity contribution in [1.82, 2.24) is 10.6 Å². The molecule has 0 aromatic heterocycles. The zero-order valence-corrected chi connectivity index (χ0v) is 19.2. The number of benzene rings is 2. The van der Waals surface area contributed by atoms with E-state index in [1.54, 1.807) is 31.2 Å². The fourth-order valence-corrected chi connectivity index (χ4v) is 2.97.